The quantitative estimate of drug-likeness (QED) is 0.367. The van der Waals surface area contributed by atoms with Crippen molar-refractivity contribution < 1.29 is 41.7 Å². The number of alkyl halides is 4. The number of anilines is 2. The monoisotopic (exact) mass is 608 g/mol. The molecular weight excluding hydrogens is 572 g/mol. The van der Waals surface area contributed by atoms with Crippen molar-refractivity contribution >= 4 is 23.5 Å². The first-order chi connectivity index (χ1) is 20.4. The van der Waals surface area contributed by atoms with Gasteiger partial charge in [-0.1, -0.05) is 6.92 Å². The Morgan fingerprint density at radius 2 is 2.00 bits per heavy atom. The Bertz CT molecular complexity index is 1340. The summed E-state index contributed by atoms with van der Waals surface area (Å²) in [5.74, 6) is -2.45. The lowest BCUT2D eigenvalue weighted by Gasteiger charge is -2.36. The summed E-state index contributed by atoms with van der Waals surface area (Å²) in [6.07, 6.45) is -0.689. The summed E-state index contributed by atoms with van der Waals surface area (Å²) in [6.45, 7) is 3.55. The minimum Gasteiger partial charge on any atom is -0.494 e. The Balaban J connectivity index is 1.27. The number of carbonyl (C=O) groups excluding carboxylic acids is 1. The molecule has 1 saturated carbocycles. The van der Waals surface area contributed by atoms with E-state index in [9.17, 15) is 27.9 Å². The SMILES string of the molecule is C[C@H]1C[C@@H](C(=O)O)C[C@@](F)(CNC(=O)c2cnc(N3CCc4cc(OCCC5CCOCC5)ccc43)nc2C(F)(F)F)C1. The molecule has 234 valence electrons. The zero-order chi connectivity index (χ0) is 30.8. The summed E-state index contributed by atoms with van der Waals surface area (Å²) in [4.78, 5) is 33.6. The number of rotatable bonds is 9. The van der Waals surface area contributed by atoms with Gasteiger partial charge in [0.05, 0.1) is 24.6 Å². The highest BCUT2D eigenvalue weighted by Crippen LogP contribution is 2.40. The van der Waals surface area contributed by atoms with Crippen molar-refractivity contribution in [2.45, 2.75) is 63.7 Å². The lowest BCUT2D eigenvalue weighted by Crippen LogP contribution is -2.46. The van der Waals surface area contributed by atoms with Crippen LogP contribution < -0.4 is 15.0 Å². The van der Waals surface area contributed by atoms with Gasteiger partial charge in [-0.3, -0.25) is 9.59 Å². The maximum atomic E-state index is 15.5. The van der Waals surface area contributed by atoms with Crippen LogP contribution in [0.15, 0.2) is 24.4 Å². The first-order valence-electron chi connectivity index (χ1n) is 14.7. The fourth-order valence-electron chi connectivity index (χ4n) is 6.41. The number of nitrogens with zero attached hydrogens (tertiary/aromatic N) is 3. The minimum absolute atomic E-state index is 0.00427. The molecule has 5 rings (SSSR count). The van der Waals surface area contributed by atoms with Gasteiger partial charge in [-0.25, -0.2) is 14.4 Å². The van der Waals surface area contributed by atoms with Crippen LogP contribution in [-0.4, -0.2) is 65.5 Å². The summed E-state index contributed by atoms with van der Waals surface area (Å²) >= 11 is 0. The molecular formula is C30H36F4N4O5. The van der Waals surface area contributed by atoms with Gasteiger partial charge >= 0.3 is 12.1 Å². The van der Waals surface area contributed by atoms with E-state index in [1.165, 1.54) is 0 Å². The van der Waals surface area contributed by atoms with Gasteiger partial charge in [0.2, 0.25) is 5.95 Å². The number of carboxylic acid groups (broad SMARTS) is 1. The summed E-state index contributed by atoms with van der Waals surface area (Å²) in [6, 6.07) is 5.40. The highest BCUT2D eigenvalue weighted by atomic mass is 19.4. The van der Waals surface area contributed by atoms with Crippen LogP contribution in [0, 0.1) is 17.8 Å². The number of carboxylic acids is 1. The fraction of sp³-hybridized carbons (Fsp3) is 0.600. The molecule has 0 unspecified atom stereocenters. The van der Waals surface area contributed by atoms with Gasteiger partial charge in [-0.05, 0) is 80.5 Å². The second kappa shape index (κ2) is 12.6. The number of nitrogens with one attached hydrogen (secondary N) is 1. The average Bonchev–Trinajstić information content (AvgIpc) is 3.39. The molecule has 1 aromatic carbocycles. The standard InChI is InChI=1S/C30H36F4N4O5/c1-18-12-21(27(40)41)15-29(31,14-18)17-36-26(39)23-16-35-28(37-25(23)30(32,33)34)38-8-4-20-13-22(2-3-24(20)38)43-11-7-19-5-9-42-10-6-19/h2-3,13,16,18-19,21H,4-12,14-15,17H2,1H3,(H,36,39)(H,40,41)/t18-,21+,29+/m0/s1. The number of benzene rings is 1. The second-order valence-electron chi connectivity index (χ2n) is 11.9. The third-order valence-electron chi connectivity index (χ3n) is 8.54. The molecule has 3 atom stereocenters. The molecule has 0 spiro atoms. The Labute approximate surface area is 247 Å². The molecule has 1 amide bonds. The van der Waals surface area contributed by atoms with Crippen LogP contribution in [-0.2, 0) is 22.1 Å². The minimum atomic E-state index is -4.98. The Morgan fingerprint density at radius 1 is 1.23 bits per heavy atom. The number of hydrogen-bond acceptors (Lipinski definition) is 7. The van der Waals surface area contributed by atoms with Gasteiger partial charge < -0.3 is 24.8 Å². The second-order valence-corrected chi connectivity index (χ2v) is 11.9. The lowest BCUT2D eigenvalue weighted by atomic mass is 9.74. The molecule has 0 radical (unpaired) electrons. The normalized spacial score (nSPS) is 24.4. The van der Waals surface area contributed by atoms with Crippen LogP contribution >= 0.6 is 0 Å². The molecule has 1 saturated heterocycles. The van der Waals surface area contributed by atoms with Gasteiger partial charge in [-0.2, -0.15) is 13.2 Å². The van der Waals surface area contributed by atoms with E-state index in [-0.39, 0.29) is 24.7 Å². The molecule has 2 aliphatic heterocycles. The summed E-state index contributed by atoms with van der Waals surface area (Å²) in [5.41, 5.74) is -2.77. The molecule has 2 N–H and O–H groups in total. The molecule has 3 aliphatic rings. The number of aromatic nitrogens is 2. The third kappa shape index (κ3) is 7.36. The first-order valence-corrected chi connectivity index (χ1v) is 14.7. The van der Waals surface area contributed by atoms with E-state index in [0.717, 1.165) is 44.2 Å². The largest absolute Gasteiger partial charge is 0.494 e. The smallest absolute Gasteiger partial charge is 0.434 e. The molecule has 0 bridgehead atoms. The Kier molecular flexibility index (Phi) is 9.10. The van der Waals surface area contributed by atoms with Gasteiger partial charge in [0.25, 0.3) is 5.91 Å². The molecule has 13 heteroatoms. The van der Waals surface area contributed by atoms with Gasteiger partial charge in [0.1, 0.15) is 11.4 Å². The van der Waals surface area contributed by atoms with Crippen molar-refractivity contribution in [2.75, 3.05) is 37.8 Å². The van der Waals surface area contributed by atoms with Crippen LogP contribution in [0.3, 0.4) is 0 Å². The number of amides is 1. The third-order valence-corrected chi connectivity index (χ3v) is 8.54. The zero-order valence-electron chi connectivity index (χ0n) is 24.0. The molecule has 3 heterocycles. The predicted molar refractivity (Wildman–Crippen MR) is 148 cm³/mol. The molecule has 43 heavy (non-hydrogen) atoms. The number of hydrogen-bond donors (Lipinski definition) is 2. The van der Waals surface area contributed by atoms with Gasteiger partial charge in [0.15, 0.2) is 5.69 Å². The van der Waals surface area contributed by atoms with E-state index in [0.29, 0.717) is 43.3 Å². The lowest BCUT2D eigenvalue weighted by molar-refractivity contribution is -0.146. The summed E-state index contributed by atoms with van der Waals surface area (Å²) < 4.78 is 69.1. The van der Waals surface area contributed by atoms with Crippen molar-refractivity contribution in [2.24, 2.45) is 17.8 Å². The Morgan fingerprint density at radius 3 is 2.72 bits per heavy atom. The van der Waals surface area contributed by atoms with Crippen molar-refractivity contribution in [3.8, 4) is 5.75 Å². The van der Waals surface area contributed by atoms with E-state index in [4.69, 9.17) is 9.47 Å². The highest BCUT2D eigenvalue weighted by molar-refractivity contribution is 5.95. The highest BCUT2D eigenvalue weighted by Gasteiger charge is 2.43. The van der Waals surface area contributed by atoms with E-state index in [1.807, 2.05) is 6.07 Å². The molecule has 1 aromatic heterocycles. The molecule has 2 aromatic rings. The van der Waals surface area contributed by atoms with Crippen LogP contribution in [0.5, 0.6) is 5.75 Å². The fourth-order valence-corrected chi connectivity index (χ4v) is 6.41. The zero-order valence-corrected chi connectivity index (χ0v) is 24.0. The molecule has 9 nitrogen and oxygen atoms in total. The molecule has 2 fully saturated rings. The van der Waals surface area contributed by atoms with Crippen LogP contribution in [0.2, 0.25) is 0 Å². The average molecular weight is 609 g/mol. The van der Waals surface area contributed by atoms with E-state index in [1.54, 1.807) is 24.0 Å². The van der Waals surface area contributed by atoms with Crippen LogP contribution in [0.1, 0.15) is 67.1 Å². The van der Waals surface area contributed by atoms with E-state index in [2.05, 4.69) is 15.3 Å². The topological polar surface area (TPSA) is 114 Å². The van der Waals surface area contributed by atoms with Crippen molar-refractivity contribution in [1.29, 1.82) is 0 Å². The Hall–Kier alpha value is -3.48. The number of aliphatic carboxylic acids is 1. The predicted octanol–water partition coefficient (Wildman–Crippen LogP) is 5.34. The van der Waals surface area contributed by atoms with Crippen molar-refractivity contribution in [3.63, 3.8) is 0 Å². The van der Waals surface area contributed by atoms with Crippen molar-refractivity contribution in [3.05, 3.63) is 41.2 Å². The maximum absolute atomic E-state index is 15.5. The number of fused-ring (bicyclic) bond motifs is 1. The first kappa shape index (κ1) is 31.0. The summed E-state index contributed by atoms with van der Waals surface area (Å²) in [5, 5.41) is 11.6. The number of halogens is 4. The summed E-state index contributed by atoms with van der Waals surface area (Å²) in [7, 11) is 0. The van der Waals surface area contributed by atoms with Crippen molar-refractivity contribution in [1.82, 2.24) is 15.3 Å². The van der Waals surface area contributed by atoms with E-state index < -0.39 is 47.4 Å². The van der Waals surface area contributed by atoms with Crippen LogP contribution in [0.4, 0.5) is 29.2 Å². The number of ether oxygens (including phenoxy) is 2. The van der Waals surface area contributed by atoms with Crippen LogP contribution in [0.25, 0.3) is 0 Å². The van der Waals surface area contributed by atoms with E-state index >= 15 is 4.39 Å². The number of carbonyl (C=O) groups is 2. The molecule has 1 aliphatic carbocycles. The van der Waals surface area contributed by atoms with Gasteiger partial charge in [-0.15, -0.1) is 0 Å². The van der Waals surface area contributed by atoms with Gasteiger partial charge in [0, 0.05) is 31.6 Å². The maximum Gasteiger partial charge on any atom is 0.434 e.